The minimum atomic E-state index is 0.144. The number of hydrogen-bond donors (Lipinski definition) is 0. The van der Waals surface area contributed by atoms with Gasteiger partial charge in [0, 0.05) is 0 Å². The van der Waals surface area contributed by atoms with Gasteiger partial charge in [0.05, 0.1) is 5.57 Å². The highest BCUT2D eigenvalue weighted by molar-refractivity contribution is 5.99. The molecule has 0 saturated carbocycles. The average Bonchev–Trinajstić information content (AvgIpc) is 2.05. The Morgan fingerprint density at radius 2 is 1.64 bits per heavy atom. The van der Waals surface area contributed by atoms with Gasteiger partial charge in [0.2, 0.25) is 0 Å². The second-order valence-electron chi connectivity index (χ2n) is 1.81. The SMILES string of the molecule is C/C=C/C=C/C=C(C=O)C=O. The summed E-state index contributed by atoms with van der Waals surface area (Å²) in [7, 11) is 0. The molecule has 0 amide bonds. The van der Waals surface area contributed by atoms with Crippen LogP contribution < -0.4 is 0 Å². The van der Waals surface area contributed by atoms with Gasteiger partial charge in [-0.05, 0) is 13.0 Å². The van der Waals surface area contributed by atoms with Gasteiger partial charge in [0.25, 0.3) is 0 Å². The van der Waals surface area contributed by atoms with Gasteiger partial charge in [-0.15, -0.1) is 0 Å². The Morgan fingerprint density at radius 3 is 2.09 bits per heavy atom. The zero-order chi connectivity index (χ0) is 8.53. The standard InChI is InChI=1S/C9H10O2/c1-2-3-4-5-6-9(7-10)8-11/h2-8H,1H3/b3-2+,5-4+. The Morgan fingerprint density at radius 1 is 1.00 bits per heavy atom. The summed E-state index contributed by atoms with van der Waals surface area (Å²) in [5.74, 6) is 0. The first-order valence-corrected chi connectivity index (χ1v) is 3.25. The molecule has 2 nitrogen and oxygen atoms in total. The van der Waals surface area contributed by atoms with Gasteiger partial charge in [0.15, 0.2) is 12.6 Å². The first kappa shape index (κ1) is 9.56. The Balaban J connectivity index is 4.07. The monoisotopic (exact) mass is 150 g/mol. The topological polar surface area (TPSA) is 34.1 Å². The largest absolute Gasteiger partial charge is 0.298 e. The lowest BCUT2D eigenvalue weighted by molar-refractivity contribution is -0.109. The summed E-state index contributed by atoms with van der Waals surface area (Å²) in [6.45, 7) is 1.88. The number of carbonyl (C=O) groups is 2. The second kappa shape index (κ2) is 6.68. The molecule has 0 bridgehead atoms. The van der Waals surface area contributed by atoms with E-state index in [4.69, 9.17) is 0 Å². The van der Waals surface area contributed by atoms with Gasteiger partial charge in [-0.25, -0.2) is 0 Å². The highest BCUT2D eigenvalue weighted by Gasteiger charge is 1.84. The lowest BCUT2D eigenvalue weighted by Gasteiger charge is -1.77. The molecule has 2 heteroatoms. The lowest BCUT2D eigenvalue weighted by Crippen LogP contribution is -1.82. The van der Waals surface area contributed by atoms with Crippen LogP contribution in [0.4, 0.5) is 0 Å². The van der Waals surface area contributed by atoms with Crippen molar-refractivity contribution in [2.24, 2.45) is 0 Å². The van der Waals surface area contributed by atoms with Gasteiger partial charge in [0.1, 0.15) is 0 Å². The molecule has 0 aromatic rings. The fraction of sp³-hybridized carbons (Fsp3) is 0.111. The molecule has 0 unspecified atom stereocenters. The van der Waals surface area contributed by atoms with Crippen molar-refractivity contribution in [3.63, 3.8) is 0 Å². The van der Waals surface area contributed by atoms with Crippen LogP contribution in [0.2, 0.25) is 0 Å². The maximum Gasteiger partial charge on any atom is 0.153 e. The van der Waals surface area contributed by atoms with Crippen LogP contribution in [0.5, 0.6) is 0 Å². The van der Waals surface area contributed by atoms with Crippen molar-refractivity contribution in [3.8, 4) is 0 Å². The Hall–Kier alpha value is -1.44. The summed E-state index contributed by atoms with van der Waals surface area (Å²) in [5, 5.41) is 0. The molecule has 0 aromatic heterocycles. The van der Waals surface area contributed by atoms with Crippen LogP contribution in [0.1, 0.15) is 6.92 Å². The molecule has 0 rings (SSSR count). The van der Waals surface area contributed by atoms with Crippen LogP contribution in [0.25, 0.3) is 0 Å². The van der Waals surface area contributed by atoms with Gasteiger partial charge in [-0.3, -0.25) is 9.59 Å². The number of carbonyl (C=O) groups excluding carboxylic acids is 2. The lowest BCUT2D eigenvalue weighted by atomic mass is 10.3. The van der Waals surface area contributed by atoms with Crippen LogP contribution in [-0.4, -0.2) is 12.6 Å². The maximum atomic E-state index is 10.0. The molecule has 58 valence electrons. The highest BCUT2D eigenvalue weighted by Crippen LogP contribution is 1.85. The number of aldehydes is 2. The van der Waals surface area contributed by atoms with Crippen LogP contribution in [0, 0.1) is 0 Å². The predicted octanol–water partition coefficient (Wildman–Crippen LogP) is 1.44. The quantitative estimate of drug-likeness (QED) is 0.200. The molecule has 0 aliphatic rings. The highest BCUT2D eigenvalue weighted by atomic mass is 16.1. The van der Waals surface area contributed by atoms with E-state index in [0.29, 0.717) is 12.6 Å². The summed E-state index contributed by atoms with van der Waals surface area (Å²) < 4.78 is 0. The molecule has 0 fully saturated rings. The van der Waals surface area contributed by atoms with Gasteiger partial charge >= 0.3 is 0 Å². The van der Waals surface area contributed by atoms with Crippen LogP contribution in [0.3, 0.4) is 0 Å². The summed E-state index contributed by atoms with van der Waals surface area (Å²) in [6, 6.07) is 0. The van der Waals surface area contributed by atoms with Crippen molar-refractivity contribution in [2.45, 2.75) is 6.92 Å². The van der Waals surface area contributed by atoms with E-state index in [2.05, 4.69) is 0 Å². The minimum absolute atomic E-state index is 0.144. The zero-order valence-electron chi connectivity index (χ0n) is 6.36. The molecule has 0 N–H and O–H groups in total. The summed E-state index contributed by atoms with van der Waals surface area (Å²) in [4.78, 5) is 20.1. The fourth-order valence-electron chi connectivity index (χ4n) is 0.448. The Labute approximate surface area is 65.9 Å². The first-order chi connectivity index (χ1) is 5.35. The molecule has 0 atom stereocenters. The number of hydrogen-bond acceptors (Lipinski definition) is 2. The number of rotatable bonds is 4. The van der Waals surface area contributed by atoms with E-state index in [9.17, 15) is 9.59 Å². The molecule has 0 aliphatic heterocycles. The predicted molar refractivity (Wildman–Crippen MR) is 44.2 cm³/mol. The van der Waals surface area contributed by atoms with Crippen LogP contribution in [-0.2, 0) is 9.59 Å². The van der Waals surface area contributed by atoms with Crippen molar-refractivity contribution in [1.29, 1.82) is 0 Å². The van der Waals surface area contributed by atoms with E-state index in [0.717, 1.165) is 0 Å². The smallest absolute Gasteiger partial charge is 0.153 e. The molecule has 0 aromatic carbocycles. The minimum Gasteiger partial charge on any atom is -0.298 e. The Bertz CT molecular complexity index is 200. The summed E-state index contributed by atoms with van der Waals surface area (Å²) in [5.41, 5.74) is 0.144. The van der Waals surface area contributed by atoms with Crippen molar-refractivity contribution < 1.29 is 9.59 Å². The Kier molecular flexibility index (Phi) is 5.80. The molecule has 0 spiro atoms. The zero-order valence-corrected chi connectivity index (χ0v) is 6.36. The van der Waals surface area contributed by atoms with E-state index >= 15 is 0 Å². The normalized spacial score (nSPS) is 10.3. The summed E-state index contributed by atoms with van der Waals surface area (Å²) in [6.07, 6.45) is 9.54. The first-order valence-electron chi connectivity index (χ1n) is 3.25. The van der Waals surface area contributed by atoms with E-state index < -0.39 is 0 Å². The van der Waals surface area contributed by atoms with Gasteiger partial charge in [-0.2, -0.15) is 0 Å². The maximum absolute atomic E-state index is 10.0. The van der Waals surface area contributed by atoms with Crippen LogP contribution >= 0.6 is 0 Å². The van der Waals surface area contributed by atoms with E-state index in [-0.39, 0.29) is 5.57 Å². The van der Waals surface area contributed by atoms with Crippen molar-refractivity contribution in [1.82, 2.24) is 0 Å². The number of allylic oxidation sites excluding steroid dienone is 6. The molecule has 11 heavy (non-hydrogen) atoms. The van der Waals surface area contributed by atoms with Crippen molar-refractivity contribution in [3.05, 3.63) is 36.0 Å². The fourth-order valence-corrected chi connectivity index (χ4v) is 0.448. The van der Waals surface area contributed by atoms with E-state index in [1.807, 2.05) is 19.1 Å². The molecular formula is C9H10O2. The van der Waals surface area contributed by atoms with Crippen molar-refractivity contribution in [2.75, 3.05) is 0 Å². The van der Waals surface area contributed by atoms with E-state index in [1.165, 1.54) is 6.08 Å². The molecule has 0 radical (unpaired) electrons. The third-order valence-corrected chi connectivity index (χ3v) is 0.976. The van der Waals surface area contributed by atoms with Gasteiger partial charge in [-0.1, -0.05) is 24.3 Å². The third-order valence-electron chi connectivity index (χ3n) is 0.976. The van der Waals surface area contributed by atoms with Crippen molar-refractivity contribution >= 4 is 12.6 Å². The molecular weight excluding hydrogens is 140 g/mol. The summed E-state index contributed by atoms with van der Waals surface area (Å²) >= 11 is 0. The van der Waals surface area contributed by atoms with E-state index in [1.54, 1.807) is 12.2 Å². The second-order valence-corrected chi connectivity index (χ2v) is 1.81. The average molecular weight is 150 g/mol. The molecule has 0 heterocycles. The van der Waals surface area contributed by atoms with Crippen LogP contribution in [0.15, 0.2) is 36.0 Å². The van der Waals surface area contributed by atoms with Gasteiger partial charge < -0.3 is 0 Å². The molecule has 0 saturated heterocycles. The third kappa shape index (κ3) is 5.03. The molecule has 0 aliphatic carbocycles.